The lowest BCUT2D eigenvalue weighted by atomic mass is 9.91. The summed E-state index contributed by atoms with van der Waals surface area (Å²) in [5.74, 6) is 1.10. The lowest BCUT2D eigenvalue weighted by Crippen LogP contribution is -2.43. The molecule has 3 rings (SSSR count). The molecule has 7 nitrogen and oxygen atoms in total. The van der Waals surface area contributed by atoms with Crippen LogP contribution in [0.2, 0.25) is 0 Å². The van der Waals surface area contributed by atoms with Gasteiger partial charge in [-0.2, -0.15) is 0 Å². The highest BCUT2D eigenvalue weighted by atomic mass is 16.5. The van der Waals surface area contributed by atoms with E-state index in [1.165, 1.54) is 6.33 Å². The van der Waals surface area contributed by atoms with Gasteiger partial charge < -0.3 is 21.2 Å². The summed E-state index contributed by atoms with van der Waals surface area (Å²) in [7, 11) is 0. The van der Waals surface area contributed by atoms with Gasteiger partial charge in [0.1, 0.15) is 17.7 Å². The predicted molar refractivity (Wildman–Crippen MR) is 62.0 cm³/mol. The van der Waals surface area contributed by atoms with Crippen molar-refractivity contribution in [3.63, 3.8) is 0 Å². The Morgan fingerprint density at radius 2 is 2.06 bits per heavy atom. The van der Waals surface area contributed by atoms with E-state index in [0.29, 0.717) is 36.0 Å². The minimum absolute atomic E-state index is 0.393. The molecule has 0 spiro atoms. The zero-order valence-electron chi connectivity index (χ0n) is 9.31. The number of nitrogens with two attached hydrogens (primary N) is 2. The Labute approximate surface area is 97.6 Å². The van der Waals surface area contributed by atoms with Gasteiger partial charge in [-0.25, -0.2) is 15.0 Å². The zero-order valence-corrected chi connectivity index (χ0v) is 9.31. The number of hydrogen-bond acceptors (Lipinski definition) is 6. The van der Waals surface area contributed by atoms with Gasteiger partial charge in [-0.05, 0) is 12.8 Å². The number of hydrogen-bond donors (Lipinski definition) is 3. The van der Waals surface area contributed by atoms with Gasteiger partial charge in [0.2, 0.25) is 0 Å². The predicted octanol–water partition coefficient (Wildman–Crippen LogP) is -0.101. The third kappa shape index (κ3) is 1.63. The van der Waals surface area contributed by atoms with Crippen molar-refractivity contribution in [3.05, 3.63) is 12.2 Å². The number of nitrogens with zero attached hydrogens (tertiary/aromatic N) is 3. The van der Waals surface area contributed by atoms with Crippen LogP contribution in [-0.2, 0) is 10.3 Å². The van der Waals surface area contributed by atoms with Crippen molar-refractivity contribution in [2.24, 2.45) is 5.73 Å². The summed E-state index contributed by atoms with van der Waals surface area (Å²) >= 11 is 0. The van der Waals surface area contributed by atoms with Crippen LogP contribution >= 0.6 is 0 Å². The third-order valence-corrected chi connectivity index (χ3v) is 3.17. The van der Waals surface area contributed by atoms with Crippen molar-refractivity contribution in [3.8, 4) is 0 Å². The number of aromatic nitrogens is 4. The highest BCUT2D eigenvalue weighted by Crippen LogP contribution is 2.29. The maximum absolute atomic E-state index is 6.33. The topological polar surface area (TPSA) is 116 Å². The SMILES string of the molecule is Nc1ncnc2nc(C3(N)CCOCC3)[nH]c12. The van der Waals surface area contributed by atoms with Crippen molar-refractivity contribution in [2.75, 3.05) is 18.9 Å². The summed E-state index contributed by atoms with van der Waals surface area (Å²) in [6.45, 7) is 1.30. The quantitative estimate of drug-likeness (QED) is 0.634. The largest absolute Gasteiger partial charge is 0.382 e. The van der Waals surface area contributed by atoms with Crippen LogP contribution in [0.15, 0.2) is 6.33 Å². The molecule has 3 heterocycles. The lowest BCUT2D eigenvalue weighted by molar-refractivity contribution is 0.0496. The summed E-state index contributed by atoms with van der Waals surface area (Å²) in [4.78, 5) is 15.5. The Hall–Kier alpha value is -1.73. The first kappa shape index (κ1) is 10.4. The van der Waals surface area contributed by atoms with E-state index in [2.05, 4.69) is 19.9 Å². The van der Waals surface area contributed by atoms with E-state index in [1.54, 1.807) is 0 Å². The molecule has 0 amide bonds. The maximum atomic E-state index is 6.33. The normalized spacial score (nSPS) is 19.6. The molecule has 0 aliphatic carbocycles. The van der Waals surface area contributed by atoms with Crippen LogP contribution in [0.4, 0.5) is 5.82 Å². The Kier molecular flexibility index (Phi) is 2.23. The number of nitrogens with one attached hydrogen (secondary N) is 1. The smallest absolute Gasteiger partial charge is 0.183 e. The number of aromatic amines is 1. The average Bonchev–Trinajstić information content (AvgIpc) is 2.76. The highest BCUT2D eigenvalue weighted by Gasteiger charge is 2.33. The fourth-order valence-corrected chi connectivity index (χ4v) is 2.05. The van der Waals surface area contributed by atoms with Crippen LogP contribution in [0.25, 0.3) is 11.2 Å². The molecule has 5 N–H and O–H groups in total. The van der Waals surface area contributed by atoms with Crippen LogP contribution in [0, 0.1) is 0 Å². The molecule has 2 aromatic rings. The minimum Gasteiger partial charge on any atom is -0.382 e. The summed E-state index contributed by atoms with van der Waals surface area (Å²) in [6, 6.07) is 0. The molecule has 2 aromatic heterocycles. The molecule has 0 atom stereocenters. The number of anilines is 1. The van der Waals surface area contributed by atoms with Gasteiger partial charge in [0.05, 0.1) is 5.54 Å². The molecule has 0 aromatic carbocycles. The van der Waals surface area contributed by atoms with E-state index in [4.69, 9.17) is 16.2 Å². The Morgan fingerprint density at radius 1 is 1.29 bits per heavy atom. The number of imidazole rings is 1. The maximum Gasteiger partial charge on any atom is 0.183 e. The molecule has 0 unspecified atom stereocenters. The van der Waals surface area contributed by atoms with Gasteiger partial charge in [0.25, 0.3) is 0 Å². The molecular formula is C10H14N6O. The molecule has 1 aliphatic heterocycles. The number of fused-ring (bicyclic) bond motifs is 1. The van der Waals surface area contributed by atoms with Crippen LogP contribution < -0.4 is 11.5 Å². The van der Waals surface area contributed by atoms with Gasteiger partial charge in [0.15, 0.2) is 11.5 Å². The molecule has 0 bridgehead atoms. The van der Waals surface area contributed by atoms with Gasteiger partial charge in [-0.1, -0.05) is 0 Å². The van der Waals surface area contributed by atoms with E-state index in [1.807, 2.05) is 0 Å². The summed E-state index contributed by atoms with van der Waals surface area (Å²) in [5.41, 5.74) is 12.8. The number of H-pyrrole nitrogens is 1. The Bertz CT molecular complexity index is 545. The average molecular weight is 234 g/mol. The van der Waals surface area contributed by atoms with Crippen LogP contribution in [0.5, 0.6) is 0 Å². The van der Waals surface area contributed by atoms with Gasteiger partial charge in [-0.15, -0.1) is 0 Å². The summed E-state index contributed by atoms with van der Waals surface area (Å²) in [6.07, 6.45) is 2.87. The number of ether oxygens (including phenoxy) is 1. The first-order valence-corrected chi connectivity index (χ1v) is 5.52. The number of rotatable bonds is 1. The van der Waals surface area contributed by atoms with Crippen molar-refractivity contribution in [1.29, 1.82) is 0 Å². The Balaban J connectivity index is 2.08. The van der Waals surface area contributed by atoms with Crippen molar-refractivity contribution >= 4 is 17.0 Å². The molecule has 90 valence electrons. The van der Waals surface area contributed by atoms with E-state index in [9.17, 15) is 0 Å². The third-order valence-electron chi connectivity index (χ3n) is 3.17. The standard InChI is InChI=1S/C10H14N6O/c11-7-6-8(14-5-13-7)16-9(15-6)10(12)1-3-17-4-2-10/h5H,1-4,12H2,(H3,11,13,14,15,16). The van der Waals surface area contributed by atoms with Gasteiger partial charge in [0, 0.05) is 13.2 Å². The van der Waals surface area contributed by atoms with Crippen LogP contribution in [-0.4, -0.2) is 33.1 Å². The zero-order chi connectivity index (χ0) is 11.9. The molecule has 1 saturated heterocycles. The van der Waals surface area contributed by atoms with E-state index in [0.717, 1.165) is 12.8 Å². The Morgan fingerprint density at radius 3 is 2.76 bits per heavy atom. The van der Waals surface area contributed by atoms with Crippen LogP contribution in [0.3, 0.4) is 0 Å². The highest BCUT2D eigenvalue weighted by molar-refractivity contribution is 5.81. The molecule has 0 radical (unpaired) electrons. The molecule has 1 fully saturated rings. The van der Waals surface area contributed by atoms with Gasteiger partial charge in [-0.3, -0.25) is 0 Å². The number of nitrogen functional groups attached to an aromatic ring is 1. The fourth-order valence-electron chi connectivity index (χ4n) is 2.05. The molecule has 17 heavy (non-hydrogen) atoms. The van der Waals surface area contributed by atoms with Crippen molar-refractivity contribution in [1.82, 2.24) is 19.9 Å². The van der Waals surface area contributed by atoms with Crippen LogP contribution in [0.1, 0.15) is 18.7 Å². The minimum atomic E-state index is -0.481. The second kappa shape index (κ2) is 3.64. The van der Waals surface area contributed by atoms with E-state index < -0.39 is 5.54 Å². The van der Waals surface area contributed by atoms with E-state index in [-0.39, 0.29) is 0 Å². The summed E-state index contributed by atoms with van der Waals surface area (Å²) in [5, 5.41) is 0. The fraction of sp³-hybridized carbons (Fsp3) is 0.500. The van der Waals surface area contributed by atoms with Crippen molar-refractivity contribution < 1.29 is 4.74 Å². The molecule has 0 saturated carbocycles. The van der Waals surface area contributed by atoms with Gasteiger partial charge >= 0.3 is 0 Å². The second-order valence-corrected chi connectivity index (χ2v) is 4.31. The van der Waals surface area contributed by atoms with E-state index >= 15 is 0 Å². The first-order chi connectivity index (χ1) is 8.19. The second-order valence-electron chi connectivity index (χ2n) is 4.31. The summed E-state index contributed by atoms with van der Waals surface area (Å²) < 4.78 is 5.31. The monoisotopic (exact) mass is 234 g/mol. The lowest BCUT2D eigenvalue weighted by Gasteiger charge is -2.31. The first-order valence-electron chi connectivity index (χ1n) is 5.52. The van der Waals surface area contributed by atoms with Crippen molar-refractivity contribution in [2.45, 2.75) is 18.4 Å². The molecule has 1 aliphatic rings. The molecule has 7 heteroatoms. The molecular weight excluding hydrogens is 220 g/mol.